The summed E-state index contributed by atoms with van der Waals surface area (Å²) in [6.45, 7) is 0. The van der Waals surface area contributed by atoms with E-state index in [0.717, 1.165) is 27.8 Å². The summed E-state index contributed by atoms with van der Waals surface area (Å²) in [6, 6.07) is 8.65. The molecule has 0 amide bonds. The number of carbonyl (C=O) groups excluding carboxylic acids is 1. The molecule has 2 aromatic rings. The molecule has 2 atom stereocenters. The van der Waals surface area contributed by atoms with Crippen molar-refractivity contribution in [2.75, 3.05) is 0 Å². The first-order valence-corrected chi connectivity index (χ1v) is 8.05. The Hall–Kier alpha value is -2.59. The van der Waals surface area contributed by atoms with Crippen molar-refractivity contribution >= 4 is 16.9 Å². The second-order valence-electron chi connectivity index (χ2n) is 6.59. The summed E-state index contributed by atoms with van der Waals surface area (Å²) in [4.78, 5) is 12.3. The highest BCUT2D eigenvalue weighted by Gasteiger charge is 2.43. The minimum absolute atomic E-state index is 0.0203. The first-order chi connectivity index (χ1) is 11.6. The van der Waals surface area contributed by atoms with Gasteiger partial charge in [-0.15, -0.1) is 0 Å². The number of allylic oxidation sites excluding steroid dienone is 2. The standard InChI is InChI=1S/C20H15O4/c21-13-3-1-2-10-17-11-5-7-15(23)20-14(22)6-4-9(18(11)20)12(17)8-16(24)19(10)13/h1-4,6,8,12,16,21-22,24H,5,7H2/t12-,16+/m0/s1. The van der Waals surface area contributed by atoms with Crippen LogP contribution < -0.4 is 0 Å². The zero-order chi connectivity index (χ0) is 16.6. The van der Waals surface area contributed by atoms with Crippen molar-refractivity contribution in [2.24, 2.45) is 0 Å². The number of carbonyl (C=O) groups is 1. The Morgan fingerprint density at radius 1 is 0.958 bits per heavy atom. The fraction of sp³-hybridized carbons (Fsp3) is 0.200. The summed E-state index contributed by atoms with van der Waals surface area (Å²) in [5, 5.41) is 30.9. The molecule has 0 saturated carbocycles. The topological polar surface area (TPSA) is 77.8 Å². The smallest absolute Gasteiger partial charge is 0.167 e. The predicted molar refractivity (Wildman–Crippen MR) is 88.6 cm³/mol. The largest absolute Gasteiger partial charge is 0.508 e. The molecule has 4 heteroatoms. The molecule has 3 aliphatic carbocycles. The van der Waals surface area contributed by atoms with Gasteiger partial charge in [0.15, 0.2) is 5.78 Å². The molecule has 0 unspecified atom stereocenters. The molecule has 5 rings (SSSR count). The van der Waals surface area contributed by atoms with Crippen LogP contribution in [0.3, 0.4) is 0 Å². The number of phenolic OH excluding ortho intramolecular Hbond substituents is 2. The van der Waals surface area contributed by atoms with E-state index in [1.165, 1.54) is 0 Å². The molecule has 0 aliphatic heterocycles. The zero-order valence-corrected chi connectivity index (χ0v) is 12.8. The third-order valence-corrected chi connectivity index (χ3v) is 5.41. The lowest BCUT2D eigenvalue weighted by Gasteiger charge is -2.30. The van der Waals surface area contributed by atoms with Crippen LogP contribution in [0.25, 0.3) is 11.1 Å². The summed E-state index contributed by atoms with van der Waals surface area (Å²) in [5.74, 6) is -0.0610. The van der Waals surface area contributed by atoms with E-state index in [0.29, 0.717) is 24.0 Å². The van der Waals surface area contributed by atoms with Crippen LogP contribution >= 0.6 is 0 Å². The van der Waals surface area contributed by atoms with Crippen LogP contribution in [0, 0.1) is 6.42 Å². The normalized spacial score (nSPS) is 23.8. The van der Waals surface area contributed by atoms with Crippen molar-refractivity contribution in [3.05, 3.63) is 64.6 Å². The van der Waals surface area contributed by atoms with Gasteiger partial charge in [-0.2, -0.15) is 0 Å². The van der Waals surface area contributed by atoms with Gasteiger partial charge >= 0.3 is 0 Å². The summed E-state index contributed by atoms with van der Waals surface area (Å²) < 4.78 is 0. The molecule has 0 bridgehead atoms. The number of Topliss-reactive ketones (excluding diaryl/α,β-unsaturated/α-hetero) is 1. The van der Waals surface area contributed by atoms with Gasteiger partial charge in [0.05, 0.1) is 11.7 Å². The Morgan fingerprint density at radius 2 is 1.79 bits per heavy atom. The number of hydrogen-bond donors (Lipinski definition) is 3. The Balaban J connectivity index is 1.87. The highest BCUT2D eigenvalue weighted by Crippen LogP contribution is 2.59. The van der Waals surface area contributed by atoms with E-state index in [2.05, 4.69) is 0 Å². The van der Waals surface area contributed by atoms with E-state index in [-0.39, 0.29) is 23.2 Å². The highest BCUT2D eigenvalue weighted by molar-refractivity contribution is 6.14. The summed E-state index contributed by atoms with van der Waals surface area (Å²) >= 11 is 0. The molecule has 1 radical (unpaired) electrons. The van der Waals surface area contributed by atoms with Gasteiger partial charge in [-0.1, -0.05) is 18.2 Å². The van der Waals surface area contributed by atoms with Crippen molar-refractivity contribution < 1.29 is 20.1 Å². The maximum absolute atomic E-state index is 12.3. The average molecular weight is 319 g/mol. The van der Waals surface area contributed by atoms with Crippen LogP contribution in [0.1, 0.15) is 57.5 Å². The van der Waals surface area contributed by atoms with Gasteiger partial charge in [0.2, 0.25) is 0 Å². The number of rotatable bonds is 0. The Kier molecular flexibility index (Phi) is 2.58. The molecule has 3 N–H and O–H groups in total. The molecule has 119 valence electrons. The molecule has 24 heavy (non-hydrogen) atoms. The second-order valence-corrected chi connectivity index (χ2v) is 6.59. The molecular weight excluding hydrogens is 304 g/mol. The van der Waals surface area contributed by atoms with Crippen molar-refractivity contribution in [3.63, 3.8) is 0 Å². The van der Waals surface area contributed by atoms with Gasteiger partial charge in [-0.3, -0.25) is 4.79 Å². The molecule has 4 nitrogen and oxygen atoms in total. The number of aromatic hydroxyl groups is 2. The van der Waals surface area contributed by atoms with Gasteiger partial charge in [-0.05, 0) is 46.4 Å². The minimum Gasteiger partial charge on any atom is -0.508 e. The third-order valence-electron chi connectivity index (χ3n) is 5.41. The Morgan fingerprint density at radius 3 is 2.62 bits per heavy atom. The summed E-state index contributed by atoms with van der Waals surface area (Å²) in [5.41, 5.74) is 5.63. The number of ketones is 1. The summed E-state index contributed by atoms with van der Waals surface area (Å²) in [7, 11) is 0. The minimum atomic E-state index is -0.865. The Labute approximate surface area is 138 Å². The van der Waals surface area contributed by atoms with Crippen molar-refractivity contribution in [3.8, 4) is 11.5 Å². The molecule has 0 fully saturated rings. The lowest BCUT2D eigenvalue weighted by Crippen LogP contribution is -2.15. The molecule has 0 saturated heterocycles. The van der Waals surface area contributed by atoms with Crippen LogP contribution in [0.5, 0.6) is 11.5 Å². The van der Waals surface area contributed by atoms with E-state index in [4.69, 9.17) is 0 Å². The SMILES string of the molecule is O=C1CCC2=C3c4cccc(O)c4[C@H](O)[CH][C@H]3c3ccc(O)c1c32. The van der Waals surface area contributed by atoms with Gasteiger partial charge in [0.25, 0.3) is 0 Å². The van der Waals surface area contributed by atoms with Crippen LogP contribution in [0.2, 0.25) is 0 Å². The first-order valence-electron chi connectivity index (χ1n) is 8.05. The molecule has 2 aromatic carbocycles. The van der Waals surface area contributed by atoms with Crippen molar-refractivity contribution in [2.45, 2.75) is 24.9 Å². The van der Waals surface area contributed by atoms with E-state index in [9.17, 15) is 20.1 Å². The number of benzene rings is 2. The average Bonchev–Trinajstić information content (AvgIpc) is 2.87. The van der Waals surface area contributed by atoms with Gasteiger partial charge in [0.1, 0.15) is 11.5 Å². The van der Waals surface area contributed by atoms with Gasteiger partial charge < -0.3 is 15.3 Å². The van der Waals surface area contributed by atoms with Crippen LogP contribution in [-0.4, -0.2) is 21.1 Å². The summed E-state index contributed by atoms with van der Waals surface area (Å²) in [6.07, 6.45) is 1.93. The molecule has 0 spiro atoms. The third kappa shape index (κ3) is 1.54. The van der Waals surface area contributed by atoms with E-state index in [1.807, 2.05) is 12.1 Å². The Bertz CT molecular complexity index is 954. The predicted octanol–water partition coefficient (Wildman–Crippen LogP) is 3.33. The van der Waals surface area contributed by atoms with Crippen molar-refractivity contribution in [1.82, 2.24) is 0 Å². The van der Waals surface area contributed by atoms with Gasteiger partial charge in [0, 0.05) is 24.3 Å². The second kappa shape index (κ2) is 4.48. The number of aliphatic hydroxyl groups excluding tert-OH is 1. The van der Waals surface area contributed by atoms with Crippen molar-refractivity contribution in [1.29, 1.82) is 0 Å². The quantitative estimate of drug-likeness (QED) is 0.696. The van der Waals surface area contributed by atoms with E-state index in [1.54, 1.807) is 24.6 Å². The molecule has 0 aromatic heterocycles. The highest BCUT2D eigenvalue weighted by atomic mass is 16.3. The number of fused-ring (bicyclic) bond motifs is 4. The van der Waals surface area contributed by atoms with E-state index < -0.39 is 6.10 Å². The number of aliphatic hydroxyl groups is 1. The maximum Gasteiger partial charge on any atom is 0.167 e. The lowest BCUT2D eigenvalue weighted by molar-refractivity contribution is 0.0978. The lowest BCUT2D eigenvalue weighted by atomic mass is 9.76. The zero-order valence-electron chi connectivity index (χ0n) is 12.8. The first kappa shape index (κ1) is 13.8. The fourth-order valence-electron chi connectivity index (χ4n) is 4.48. The van der Waals surface area contributed by atoms with E-state index >= 15 is 0 Å². The molecular formula is C20H15O4. The number of phenols is 2. The maximum atomic E-state index is 12.3. The molecule has 0 heterocycles. The van der Waals surface area contributed by atoms with Crippen LogP contribution in [0.4, 0.5) is 0 Å². The number of hydrogen-bond acceptors (Lipinski definition) is 4. The molecule has 3 aliphatic rings. The van der Waals surface area contributed by atoms with Crippen LogP contribution in [0.15, 0.2) is 30.3 Å². The van der Waals surface area contributed by atoms with Gasteiger partial charge in [-0.25, -0.2) is 0 Å². The monoisotopic (exact) mass is 319 g/mol. The fourth-order valence-corrected chi connectivity index (χ4v) is 4.48. The van der Waals surface area contributed by atoms with Crippen LogP contribution in [-0.2, 0) is 0 Å².